The summed E-state index contributed by atoms with van der Waals surface area (Å²) in [5.41, 5.74) is 0.479. The van der Waals surface area contributed by atoms with E-state index < -0.39 is 5.97 Å². The highest BCUT2D eigenvalue weighted by Crippen LogP contribution is 2.19. The molecule has 6 heteroatoms. The van der Waals surface area contributed by atoms with Gasteiger partial charge in [-0.2, -0.15) is 0 Å². The number of Topliss-reactive ketones (excluding diaryl/α,β-unsaturated/α-hetero) is 1. The maximum atomic E-state index is 12.3. The lowest BCUT2D eigenvalue weighted by Crippen LogP contribution is -2.41. The molecule has 1 heterocycles. The highest BCUT2D eigenvalue weighted by atomic mass is 32.1. The largest absolute Gasteiger partial charge is 0.480 e. The molecule has 1 aromatic rings. The Morgan fingerprint density at radius 1 is 1.42 bits per heavy atom. The molecule has 1 amide bonds. The number of carboxylic acids is 1. The molecule has 0 aliphatic carbocycles. The first-order chi connectivity index (χ1) is 8.86. The van der Waals surface area contributed by atoms with Gasteiger partial charge in [0.15, 0.2) is 5.78 Å². The molecule has 0 aliphatic heterocycles. The quantitative estimate of drug-likeness (QED) is 0.813. The van der Waals surface area contributed by atoms with Crippen LogP contribution in [0.15, 0.2) is 11.4 Å². The van der Waals surface area contributed by atoms with Crippen molar-refractivity contribution in [1.29, 1.82) is 0 Å². The first kappa shape index (κ1) is 15.4. The second-order valence-electron chi connectivity index (χ2n) is 4.34. The zero-order valence-electron chi connectivity index (χ0n) is 11.2. The Kier molecular flexibility index (Phi) is 5.23. The number of hydrogen-bond acceptors (Lipinski definition) is 4. The van der Waals surface area contributed by atoms with Crippen molar-refractivity contribution in [2.24, 2.45) is 0 Å². The number of carbonyl (C=O) groups is 3. The van der Waals surface area contributed by atoms with Crippen LogP contribution in [-0.2, 0) is 4.79 Å². The van der Waals surface area contributed by atoms with Crippen LogP contribution in [0, 0.1) is 0 Å². The minimum Gasteiger partial charge on any atom is -0.480 e. The molecule has 1 aromatic heterocycles. The molecule has 0 saturated heterocycles. The molecule has 0 aromatic carbocycles. The first-order valence-electron chi connectivity index (χ1n) is 5.99. The summed E-state index contributed by atoms with van der Waals surface area (Å²) < 4.78 is 0. The van der Waals surface area contributed by atoms with Crippen molar-refractivity contribution in [1.82, 2.24) is 4.90 Å². The topological polar surface area (TPSA) is 74.7 Å². The zero-order valence-corrected chi connectivity index (χ0v) is 12.0. The van der Waals surface area contributed by atoms with E-state index in [0.717, 1.165) is 11.3 Å². The highest BCUT2D eigenvalue weighted by molar-refractivity contribution is 7.12. The van der Waals surface area contributed by atoms with Crippen molar-refractivity contribution in [2.45, 2.75) is 33.2 Å². The SMILES string of the molecule is CCC(C)N(CC(=O)O)C(=O)c1cc(C(C)=O)cs1. The Bertz CT molecular complexity index is 495. The third kappa shape index (κ3) is 3.89. The van der Waals surface area contributed by atoms with Gasteiger partial charge in [-0.05, 0) is 26.3 Å². The molecule has 0 bridgehead atoms. The maximum Gasteiger partial charge on any atom is 0.323 e. The molecule has 1 rings (SSSR count). The molecule has 104 valence electrons. The summed E-state index contributed by atoms with van der Waals surface area (Å²) >= 11 is 1.16. The predicted octanol–water partition coefficient (Wildman–Crippen LogP) is 2.28. The van der Waals surface area contributed by atoms with Crippen molar-refractivity contribution in [3.05, 3.63) is 21.9 Å². The number of amides is 1. The normalized spacial score (nSPS) is 11.9. The molecule has 0 radical (unpaired) electrons. The number of hydrogen-bond donors (Lipinski definition) is 1. The van der Waals surface area contributed by atoms with Crippen LogP contribution in [0.1, 0.15) is 47.2 Å². The van der Waals surface area contributed by atoms with Gasteiger partial charge in [0, 0.05) is 17.0 Å². The average molecular weight is 283 g/mol. The highest BCUT2D eigenvalue weighted by Gasteiger charge is 2.24. The number of aliphatic carboxylic acids is 1. The van der Waals surface area contributed by atoms with E-state index in [-0.39, 0.29) is 24.3 Å². The molecule has 1 unspecified atom stereocenters. The van der Waals surface area contributed by atoms with Gasteiger partial charge in [-0.1, -0.05) is 6.92 Å². The summed E-state index contributed by atoms with van der Waals surface area (Å²) in [5.74, 6) is -1.49. The Hall–Kier alpha value is -1.69. The average Bonchev–Trinajstić information content (AvgIpc) is 2.83. The van der Waals surface area contributed by atoms with Crippen LogP contribution < -0.4 is 0 Å². The van der Waals surface area contributed by atoms with Crippen LogP contribution in [0.2, 0.25) is 0 Å². The fraction of sp³-hybridized carbons (Fsp3) is 0.462. The third-order valence-corrected chi connectivity index (χ3v) is 3.82. The van der Waals surface area contributed by atoms with E-state index in [0.29, 0.717) is 16.9 Å². The van der Waals surface area contributed by atoms with E-state index in [4.69, 9.17) is 5.11 Å². The number of ketones is 1. The van der Waals surface area contributed by atoms with Crippen molar-refractivity contribution in [3.8, 4) is 0 Å². The van der Waals surface area contributed by atoms with Gasteiger partial charge in [-0.3, -0.25) is 14.4 Å². The van der Waals surface area contributed by atoms with Crippen LogP contribution in [-0.4, -0.2) is 40.3 Å². The Morgan fingerprint density at radius 3 is 2.47 bits per heavy atom. The van der Waals surface area contributed by atoms with Gasteiger partial charge in [0.25, 0.3) is 5.91 Å². The summed E-state index contributed by atoms with van der Waals surface area (Å²) in [4.78, 5) is 36.0. The Morgan fingerprint density at radius 2 is 2.05 bits per heavy atom. The smallest absolute Gasteiger partial charge is 0.323 e. The van der Waals surface area contributed by atoms with E-state index in [2.05, 4.69) is 0 Å². The molecule has 0 spiro atoms. The van der Waals surface area contributed by atoms with Gasteiger partial charge in [0.1, 0.15) is 6.54 Å². The molecule has 1 N–H and O–H groups in total. The fourth-order valence-electron chi connectivity index (χ4n) is 1.57. The molecule has 19 heavy (non-hydrogen) atoms. The minimum absolute atomic E-state index is 0.108. The lowest BCUT2D eigenvalue weighted by Gasteiger charge is -2.26. The summed E-state index contributed by atoms with van der Waals surface area (Å²) in [7, 11) is 0. The van der Waals surface area contributed by atoms with Crippen LogP contribution in [0.5, 0.6) is 0 Å². The van der Waals surface area contributed by atoms with Crippen molar-refractivity contribution < 1.29 is 19.5 Å². The molecule has 0 aliphatic rings. The minimum atomic E-state index is -1.04. The van der Waals surface area contributed by atoms with Crippen molar-refractivity contribution in [2.75, 3.05) is 6.54 Å². The monoisotopic (exact) mass is 283 g/mol. The van der Waals surface area contributed by atoms with E-state index in [9.17, 15) is 14.4 Å². The van der Waals surface area contributed by atoms with Gasteiger partial charge in [0.2, 0.25) is 0 Å². The maximum absolute atomic E-state index is 12.3. The zero-order chi connectivity index (χ0) is 14.6. The summed E-state index contributed by atoms with van der Waals surface area (Å²) in [6.45, 7) is 4.80. The fourth-order valence-corrected chi connectivity index (χ4v) is 2.47. The molecule has 0 fully saturated rings. The molecule has 1 atom stereocenters. The van der Waals surface area contributed by atoms with Gasteiger partial charge in [-0.25, -0.2) is 0 Å². The number of thiophene rings is 1. The van der Waals surface area contributed by atoms with E-state index in [1.165, 1.54) is 17.9 Å². The Labute approximate surface area is 115 Å². The summed E-state index contributed by atoms with van der Waals surface area (Å²) in [6.07, 6.45) is 0.671. The second kappa shape index (κ2) is 6.47. The van der Waals surface area contributed by atoms with E-state index in [1.807, 2.05) is 6.92 Å². The number of carboxylic acid groups (broad SMARTS) is 1. The lowest BCUT2D eigenvalue weighted by atomic mass is 10.2. The summed E-state index contributed by atoms with van der Waals surface area (Å²) in [5, 5.41) is 10.5. The lowest BCUT2D eigenvalue weighted by molar-refractivity contribution is -0.138. The number of carbonyl (C=O) groups excluding carboxylic acids is 2. The molecular formula is C13H17NO4S. The van der Waals surface area contributed by atoms with Crippen LogP contribution >= 0.6 is 11.3 Å². The van der Waals surface area contributed by atoms with Crippen LogP contribution in [0.25, 0.3) is 0 Å². The number of rotatable bonds is 6. The van der Waals surface area contributed by atoms with Crippen molar-refractivity contribution >= 4 is 29.0 Å². The first-order valence-corrected chi connectivity index (χ1v) is 6.87. The predicted molar refractivity (Wildman–Crippen MR) is 72.7 cm³/mol. The molecule has 0 saturated carbocycles. The van der Waals surface area contributed by atoms with E-state index >= 15 is 0 Å². The molecule has 5 nitrogen and oxygen atoms in total. The van der Waals surface area contributed by atoms with Gasteiger partial charge >= 0.3 is 5.97 Å². The third-order valence-electron chi connectivity index (χ3n) is 2.91. The standard InChI is InChI=1S/C13H17NO4S/c1-4-8(2)14(6-12(16)17)13(18)11-5-10(7-19-11)9(3)15/h5,7-8H,4,6H2,1-3H3,(H,16,17). The van der Waals surface area contributed by atoms with Gasteiger partial charge < -0.3 is 10.0 Å². The number of nitrogens with zero attached hydrogens (tertiary/aromatic N) is 1. The molecular weight excluding hydrogens is 266 g/mol. The van der Waals surface area contributed by atoms with Crippen LogP contribution in [0.3, 0.4) is 0 Å². The van der Waals surface area contributed by atoms with Gasteiger partial charge in [-0.15, -0.1) is 11.3 Å². The van der Waals surface area contributed by atoms with Crippen LogP contribution in [0.4, 0.5) is 0 Å². The van der Waals surface area contributed by atoms with Crippen molar-refractivity contribution in [3.63, 3.8) is 0 Å². The second-order valence-corrected chi connectivity index (χ2v) is 5.25. The Balaban J connectivity index is 2.97. The van der Waals surface area contributed by atoms with Gasteiger partial charge in [0.05, 0.1) is 4.88 Å². The van der Waals surface area contributed by atoms with E-state index in [1.54, 1.807) is 12.3 Å². The summed E-state index contributed by atoms with van der Waals surface area (Å²) in [6, 6.07) is 1.36.